The first-order valence-electron chi connectivity index (χ1n) is 9.11. The molecule has 1 aromatic carbocycles. The number of carbonyl (C=O) groups excluding carboxylic acids is 1. The Morgan fingerprint density at radius 2 is 2.15 bits per heavy atom. The Bertz CT molecular complexity index is 823. The third-order valence-electron chi connectivity index (χ3n) is 4.96. The molecule has 1 unspecified atom stereocenters. The maximum atomic E-state index is 14.5. The highest BCUT2D eigenvalue weighted by atomic mass is 19.1. The van der Waals surface area contributed by atoms with Crippen molar-refractivity contribution in [2.24, 2.45) is 11.7 Å². The maximum Gasteiger partial charge on any atom is 0.330 e. The number of aryl methyl sites for hydroxylation is 1. The number of nitrogens with zero attached hydrogens (tertiary/aromatic N) is 4. The molecule has 0 saturated heterocycles. The molecule has 0 saturated carbocycles. The number of nitrogens with two attached hydrogens (primary N) is 2. The van der Waals surface area contributed by atoms with Crippen molar-refractivity contribution < 1.29 is 9.18 Å². The maximum absolute atomic E-state index is 14.5. The van der Waals surface area contributed by atoms with E-state index in [4.69, 9.17) is 11.5 Å². The van der Waals surface area contributed by atoms with E-state index in [1.165, 1.54) is 11.0 Å². The smallest absolute Gasteiger partial charge is 0.330 e. The predicted molar refractivity (Wildman–Crippen MR) is 104 cm³/mol. The van der Waals surface area contributed by atoms with Crippen LogP contribution in [0.1, 0.15) is 30.9 Å². The number of nitrogen functional groups attached to an aromatic ring is 1. The number of hydrogen-bond acceptors (Lipinski definition) is 5. The van der Waals surface area contributed by atoms with Gasteiger partial charge in [0.05, 0.1) is 12.2 Å². The topological polar surface area (TPSA) is 101 Å². The van der Waals surface area contributed by atoms with Gasteiger partial charge in [-0.15, -0.1) is 0 Å². The molecule has 7 nitrogen and oxygen atoms in total. The summed E-state index contributed by atoms with van der Waals surface area (Å²) in [5.74, 6) is 0.379. The quantitative estimate of drug-likeness (QED) is 0.812. The molecule has 2 aromatic rings. The molecule has 2 heterocycles. The highest BCUT2D eigenvalue weighted by Crippen LogP contribution is 2.34. The minimum atomic E-state index is -0.433. The number of hydrogen-bond donors (Lipinski definition) is 2. The van der Waals surface area contributed by atoms with Crippen LogP contribution in [-0.2, 0) is 6.54 Å². The number of para-hydroxylation sites is 1. The Hall–Kier alpha value is -2.74. The summed E-state index contributed by atoms with van der Waals surface area (Å²) in [6.07, 6.45) is 3.26. The lowest BCUT2D eigenvalue weighted by Gasteiger charge is -2.38. The summed E-state index contributed by atoms with van der Waals surface area (Å²) in [6.45, 7) is 5.02. The van der Waals surface area contributed by atoms with E-state index < -0.39 is 5.82 Å². The first-order valence-corrected chi connectivity index (χ1v) is 9.11. The van der Waals surface area contributed by atoms with Crippen LogP contribution in [0.25, 0.3) is 0 Å². The fourth-order valence-electron chi connectivity index (χ4n) is 3.45. The van der Waals surface area contributed by atoms with Crippen LogP contribution in [0.5, 0.6) is 0 Å². The highest BCUT2D eigenvalue weighted by molar-refractivity contribution is 6.05. The zero-order chi connectivity index (χ0) is 19.6. The molecule has 27 heavy (non-hydrogen) atoms. The third kappa shape index (κ3) is 3.71. The van der Waals surface area contributed by atoms with Crippen molar-refractivity contribution >= 4 is 23.5 Å². The van der Waals surface area contributed by atoms with Crippen molar-refractivity contribution in [3.8, 4) is 0 Å². The van der Waals surface area contributed by atoms with Crippen molar-refractivity contribution in [3.63, 3.8) is 0 Å². The van der Waals surface area contributed by atoms with Crippen molar-refractivity contribution in [1.29, 1.82) is 0 Å². The molecule has 4 N–H and O–H groups in total. The monoisotopic (exact) mass is 372 g/mol. The van der Waals surface area contributed by atoms with Gasteiger partial charge in [-0.25, -0.2) is 14.2 Å². The molecule has 3 rings (SSSR count). The minimum absolute atomic E-state index is 0.106. The summed E-state index contributed by atoms with van der Waals surface area (Å²) in [5.41, 5.74) is 13.2. The first kappa shape index (κ1) is 19.0. The molecular weight excluding hydrogens is 347 g/mol. The van der Waals surface area contributed by atoms with E-state index in [1.807, 2.05) is 0 Å². The van der Waals surface area contributed by atoms with Crippen LogP contribution in [-0.4, -0.2) is 29.1 Å². The number of carbonyl (C=O) groups is 1. The molecule has 1 aromatic heterocycles. The molecule has 144 valence electrons. The van der Waals surface area contributed by atoms with Gasteiger partial charge in [0.15, 0.2) is 0 Å². The van der Waals surface area contributed by atoms with E-state index in [0.717, 1.165) is 18.4 Å². The van der Waals surface area contributed by atoms with Crippen LogP contribution in [0.2, 0.25) is 0 Å². The summed E-state index contributed by atoms with van der Waals surface area (Å²) in [5, 5.41) is 0. The first-order chi connectivity index (χ1) is 13.0. The second-order valence-corrected chi connectivity index (χ2v) is 6.81. The molecule has 0 aliphatic carbocycles. The Labute approximate surface area is 158 Å². The molecule has 8 heteroatoms. The van der Waals surface area contributed by atoms with Gasteiger partial charge in [-0.1, -0.05) is 25.5 Å². The number of amides is 2. The van der Waals surface area contributed by atoms with Gasteiger partial charge in [0.1, 0.15) is 11.6 Å². The van der Waals surface area contributed by atoms with E-state index in [1.54, 1.807) is 30.2 Å². The molecule has 2 amide bonds. The Morgan fingerprint density at radius 1 is 1.37 bits per heavy atom. The lowest BCUT2D eigenvalue weighted by atomic mass is 10.0. The molecule has 0 spiro atoms. The number of halogens is 1. The molecule has 1 aliphatic heterocycles. The summed E-state index contributed by atoms with van der Waals surface area (Å²) in [6, 6.07) is 4.46. The molecular formula is C19H25FN6O. The SMILES string of the molecule is CCC(CCN)CN1C(=O)N(c2c(C)cccc2F)Cc2cnc(N)nc21. The molecule has 0 radical (unpaired) electrons. The van der Waals surface area contributed by atoms with E-state index in [2.05, 4.69) is 16.9 Å². The average Bonchev–Trinajstić information content (AvgIpc) is 2.64. The van der Waals surface area contributed by atoms with E-state index >= 15 is 0 Å². The van der Waals surface area contributed by atoms with Crippen molar-refractivity contribution in [3.05, 3.63) is 41.3 Å². The van der Waals surface area contributed by atoms with Gasteiger partial charge in [-0.3, -0.25) is 9.80 Å². The Morgan fingerprint density at radius 3 is 2.81 bits per heavy atom. The summed E-state index contributed by atoms with van der Waals surface area (Å²) >= 11 is 0. The van der Waals surface area contributed by atoms with Gasteiger partial charge < -0.3 is 11.5 Å². The lowest BCUT2D eigenvalue weighted by Crippen LogP contribution is -2.50. The Kier molecular flexibility index (Phi) is 5.55. The van der Waals surface area contributed by atoms with Gasteiger partial charge in [-0.2, -0.15) is 4.98 Å². The summed E-state index contributed by atoms with van der Waals surface area (Å²) in [4.78, 5) is 24.7. The third-order valence-corrected chi connectivity index (χ3v) is 4.96. The normalized spacial score (nSPS) is 15.0. The van der Waals surface area contributed by atoms with Crippen LogP contribution < -0.4 is 21.3 Å². The number of benzene rings is 1. The van der Waals surface area contributed by atoms with Gasteiger partial charge >= 0.3 is 6.03 Å². The van der Waals surface area contributed by atoms with Crippen molar-refractivity contribution in [1.82, 2.24) is 9.97 Å². The number of urea groups is 1. The van der Waals surface area contributed by atoms with Crippen LogP contribution in [0.3, 0.4) is 0 Å². The molecule has 1 atom stereocenters. The van der Waals surface area contributed by atoms with Crippen molar-refractivity contribution in [2.75, 3.05) is 28.6 Å². The number of rotatable bonds is 6. The van der Waals surface area contributed by atoms with Gasteiger partial charge in [0.2, 0.25) is 5.95 Å². The van der Waals surface area contributed by atoms with E-state index in [-0.39, 0.29) is 30.1 Å². The zero-order valence-electron chi connectivity index (χ0n) is 15.7. The van der Waals surface area contributed by atoms with Crippen LogP contribution >= 0.6 is 0 Å². The lowest BCUT2D eigenvalue weighted by molar-refractivity contribution is 0.248. The van der Waals surface area contributed by atoms with Crippen molar-refractivity contribution in [2.45, 2.75) is 33.2 Å². The predicted octanol–water partition coefficient (Wildman–Crippen LogP) is 2.83. The van der Waals surface area contributed by atoms with Crippen LogP contribution in [0, 0.1) is 18.7 Å². The van der Waals surface area contributed by atoms with Gasteiger partial charge in [0.25, 0.3) is 0 Å². The van der Waals surface area contributed by atoms with E-state index in [0.29, 0.717) is 24.5 Å². The fraction of sp³-hybridized carbons (Fsp3) is 0.421. The fourth-order valence-corrected chi connectivity index (χ4v) is 3.45. The highest BCUT2D eigenvalue weighted by Gasteiger charge is 2.35. The zero-order valence-corrected chi connectivity index (χ0v) is 15.7. The second-order valence-electron chi connectivity index (χ2n) is 6.81. The standard InChI is InChI=1S/C19H25FN6O/c1-3-13(7-8-21)10-26-17-14(9-23-18(22)24-17)11-25(19(26)27)16-12(2)5-4-6-15(16)20/h4-6,9,13H,3,7-8,10-11,21H2,1-2H3,(H2,22,23,24). The van der Waals surface area contributed by atoms with E-state index in [9.17, 15) is 9.18 Å². The van der Waals surface area contributed by atoms with Crippen LogP contribution in [0.4, 0.5) is 26.6 Å². The largest absolute Gasteiger partial charge is 0.368 e. The molecule has 0 bridgehead atoms. The van der Waals surface area contributed by atoms with Gasteiger partial charge in [-0.05, 0) is 37.4 Å². The average molecular weight is 372 g/mol. The molecule has 1 aliphatic rings. The summed E-state index contributed by atoms with van der Waals surface area (Å²) in [7, 11) is 0. The second kappa shape index (κ2) is 7.87. The number of aromatic nitrogens is 2. The number of fused-ring (bicyclic) bond motifs is 1. The molecule has 0 fully saturated rings. The number of anilines is 3. The Balaban J connectivity index is 2.05. The minimum Gasteiger partial charge on any atom is -0.368 e. The van der Waals surface area contributed by atoms with Gasteiger partial charge in [0, 0.05) is 18.3 Å². The van der Waals surface area contributed by atoms with Crippen LogP contribution in [0.15, 0.2) is 24.4 Å². The summed E-state index contributed by atoms with van der Waals surface area (Å²) < 4.78 is 14.5.